The molecule has 0 fully saturated rings. The molecule has 0 heterocycles. The van der Waals surface area contributed by atoms with E-state index in [2.05, 4.69) is 5.32 Å². The van der Waals surface area contributed by atoms with Gasteiger partial charge in [0.25, 0.3) is 0 Å². The molecule has 1 aromatic rings. The van der Waals surface area contributed by atoms with Gasteiger partial charge in [0.1, 0.15) is 0 Å². The minimum atomic E-state index is -0.135. The number of likely N-dealkylation sites (N-methyl/N-ethyl adjacent to an activating group) is 1. The van der Waals surface area contributed by atoms with Gasteiger partial charge in [-0.1, -0.05) is 6.07 Å². The predicted molar refractivity (Wildman–Crippen MR) is 64.9 cm³/mol. The summed E-state index contributed by atoms with van der Waals surface area (Å²) in [6.07, 6.45) is 3.22. The molecule has 0 spiro atoms. The zero-order valence-electron chi connectivity index (χ0n) is 9.87. The van der Waals surface area contributed by atoms with Gasteiger partial charge in [-0.2, -0.15) is 0 Å². The number of aryl methyl sites for hydroxylation is 1. The molecule has 2 N–H and O–H groups in total. The highest BCUT2D eigenvalue weighted by Gasteiger charge is 2.02. The highest BCUT2D eigenvalue weighted by Crippen LogP contribution is 2.17. The van der Waals surface area contributed by atoms with Gasteiger partial charge in [-0.25, -0.2) is 0 Å². The molecule has 1 amide bonds. The summed E-state index contributed by atoms with van der Waals surface area (Å²) in [6, 6.07) is 3.88. The van der Waals surface area contributed by atoms with Gasteiger partial charge >= 0.3 is 0 Å². The van der Waals surface area contributed by atoms with Crippen LogP contribution in [-0.4, -0.2) is 18.1 Å². The molecule has 1 rings (SSSR count). The number of aliphatic hydroxyl groups is 1. The number of carbonyl (C=O) groups excluding carboxylic acids is 1. The summed E-state index contributed by atoms with van der Waals surface area (Å²) in [4.78, 5) is 11.0. The van der Waals surface area contributed by atoms with Gasteiger partial charge in [0, 0.05) is 13.1 Å². The third-order valence-corrected chi connectivity index (χ3v) is 2.64. The third kappa shape index (κ3) is 2.94. The van der Waals surface area contributed by atoms with Crippen molar-refractivity contribution in [3.05, 3.63) is 40.5 Å². The van der Waals surface area contributed by atoms with E-state index in [1.807, 2.05) is 26.0 Å². The Bertz CT molecular complexity index is 422. The van der Waals surface area contributed by atoms with Crippen LogP contribution in [0.3, 0.4) is 0 Å². The fourth-order valence-corrected chi connectivity index (χ4v) is 1.48. The number of aliphatic hydroxyl groups excluding tert-OH is 1. The van der Waals surface area contributed by atoms with Crippen LogP contribution in [0.25, 0.3) is 6.08 Å². The highest BCUT2D eigenvalue weighted by atomic mass is 16.3. The first-order chi connectivity index (χ1) is 7.58. The van der Waals surface area contributed by atoms with Crippen LogP contribution in [0.5, 0.6) is 0 Å². The van der Waals surface area contributed by atoms with Gasteiger partial charge in [0.05, 0.1) is 6.61 Å². The van der Waals surface area contributed by atoms with Crippen molar-refractivity contribution >= 4 is 12.0 Å². The first kappa shape index (κ1) is 12.5. The Labute approximate surface area is 95.8 Å². The molecular weight excluding hydrogens is 202 g/mol. The van der Waals surface area contributed by atoms with Crippen molar-refractivity contribution in [2.45, 2.75) is 20.5 Å². The van der Waals surface area contributed by atoms with Crippen LogP contribution < -0.4 is 5.32 Å². The number of benzene rings is 1. The average molecular weight is 219 g/mol. The lowest BCUT2D eigenvalue weighted by Crippen LogP contribution is -2.13. The lowest BCUT2D eigenvalue weighted by molar-refractivity contribution is -0.115. The topological polar surface area (TPSA) is 49.3 Å². The minimum Gasteiger partial charge on any atom is -0.392 e. The number of rotatable bonds is 3. The number of carbonyl (C=O) groups is 1. The normalized spacial score (nSPS) is 10.8. The van der Waals surface area contributed by atoms with Crippen molar-refractivity contribution in [1.29, 1.82) is 0 Å². The Morgan fingerprint density at radius 1 is 1.44 bits per heavy atom. The SMILES string of the molecule is CNC(=O)/C=C/c1cc(C)c(C)c(CO)c1. The van der Waals surface area contributed by atoms with Crippen LogP contribution in [0.15, 0.2) is 18.2 Å². The zero-order chi connectivity index (χ0) is 12.1. The maximum absolute atomic E-state index is 11.0. The second-order valence-corrected chi connectivity index (χ2v) is 3.73. The summed E-state index contributed by atoms with van der Waals surface area (Å²) in [7, 11) is 1.59. The summed E-state index contributed by atoms with van der Waals surface area (Å²) >= 11 is 0. The van der Waals surface area contributed by atoms with Crippen LogP contribution in [0, 0.1) is 13.8 Å². The van der Waals surface area contributed by atoms with E-state index in [-0.39, 0.29) is 12.5 Å². The summed E-state index contributed by atoms with van der Waals surface area (Å²) in [5, 5.41) is 11.7. The van der Waals surface area contributed by atoms with Crippen LogP contribution >= 0.6 is 0 Å². The van der Waals surface area contributed by atoms with E-state index in [1.165, 1.54) is 6.08 Å². The lowest BCUT2D eigenvalue weighted by Gasteiger charge is -2.07. The smallest absolute Gasteiger partial charge is 0.243 e. The second-order valence-electron chi connectivity index (χ2n) is 3.73. The molecule has 0 atom stereocenters. The van der Waals surface area contributed by atoms with Crippen LogP contribution in [-0.2, 0) is 11.4 Å². The lowest BCUT2D eigenvalue weighted by atomic mass is 10.00. The van der Waals surface area contributed by atoms with Gasteiger partial charge in [-0.3, -0.25) is 4.79 Å². The molecule has 0 aliphatic heterocycles. The van der Waals surface area contributed by atoms with E-state index in [1.54, 1.807) is 13.1 Å². The zero-order valence-corrected chi connectivity index (χ0v) is 9.87. The molecule has 0 bridgehead atoms. The van der Waals surface area contributed by atoms with Crippen molar-refractivity contribution < 1.29 is 9.90 Å². The number of amides is 1. The van der Waals surface area contributed by atoms with Crippen LogP contribution in [0.4, 0.5) is 0 Å². The average Bonchev–Trinajstić information content (AvgIpc) is 2.29. The van der Waals surface area contributed by atoms with E-state index in [4.69, 9.17) is 0 Å². The van der Waals surface area contributed by atoms with E-state index in [9.17, 15) is 9.90 Å². The molecule has 0 unspecified atom stereocenters. The second kappa shape index (κ2) is 5.47. The van der Waals surface area contributed by atoms with E-state index < -0.39 is 0 Å². The molecule has 0 aliphatic carbocycles. The van der Waals surface area contributed by atoms with Crippen molar-refractivity contribution in [2.24, 2.45) is 0 Å². The maximum Gasteiger partial charge on any atom is 0.243 e. The minimum absolute atomic E-state index is 0.0222. The first-order valence-corrected chi connectivity index (χ1v) is 5.19. The number of hydrogen-bond acceptors (Lipinski definition) is 2. The van der Waals surface area contributed by atoms with Crippen LogP contribution in [0.1, 0.15) is 22.3 Å². The van der Waals surface area contributed by atoms with Crippen LogP contribution in [0.2, 0.25) is 0 Å². The molecule has 0 aliphatic rings. The molecule has 1 aromatic carbocycles. The fraction of sp³-hybridized carbons (Fsp3) is 0.308. The Balaban J connectivity index is 3.03. The Morgan fingerprint density at radius 3 is 2.69 bits per heavy atom. The summed E-state index contributed by atoms with van der Waals surface area (Å²) in [6.45, 7) is 3.99. The summed E-state index contributed by atoms with van der Waals surface area (Å²) in [5.41, 5.74) is 4.04. The summed E-state index contributed by atoms with van der Waals surface area (Å²) in [5.74, 6) is -0.135. The molecule has 3 heteroatoms. The quantitative estimate of drug-likeness (QED) is 0.758. The molecule has 0 aromatic heterocycles. The van der Waals surface area contributed by atoms with Gasteiger partial charge in [-0.15, -0.1) is 0 Å². The molecule has 86 valence electrons. The maximum atomic E-state index is 11.0. The van der Waals surface area contributed by atoms with Crippen molar-refractivity contribution in [3.8, 4) is 0 Å². The monoisotopic (exact) mass is 219 g/mol. The Morgan fingerprint density at radius 2 is 2.12 bits per heavy atom. The van der Waals surface area contributed by atoms with E-state index in [0.717, 1.165) is 22.3 Å². The molecule has 16 heavy (non-hydrogen) atoms. The van der Waals surface area contributed by atoms with E-state index in [0.29, 0.717) is 0 Å². The molecule has 0 radical (unpaired) electrons. The fourth-order valence-electron chi connectivity index (χ4n) is 1.48. The predicted octanol–water partition coefficient (Wildman–Crippen LogP) is 1.55. The number of nitrogens with one attached hydrogen (secondary N) is 1. The standard InChI is InChI=1S/C13H17NO2/c1-9-6-11(4-5-13(16)14-3)7-12(8-15)10(9)2/h4-7,15H,8H2,1-3H3,(H,14,16)/b5-4+. The third-order valence-electron chi connectivity index (χ3n) is 2.64. The molecule has 0 saturated carbocycles. The van der Waals surface area contributed by atoms with Gasteiger partial charge in [0.15, 0.2) is 0 Å². The number of hydrogen-bond donors (Lipinski definition) is 2. The van der Waals surface area contributed by atoms with Gasteiger partial charge in [0.2, 0.25) is 5.91 Å². The van der Waals surface area contributed by atoms with Gasteiger partial charge in [-0.05, 0) is 48.2 Å². The highest BCUT2D eigenvalue weighted by molar-refractivity contribution is 5.91. The Hall–Kier alpha value is -1.61. The largest absolute Gasteiger partial charge is 0.392 e. The van der Waals surface area contributed by atoms with Gasteiger partial charge < -0.3 is 10.4 Å². The van der Waals surface area contributed by atoms with Crippen molar-refractivity contribution in [2.75, 3.05) is 7.05 Å². The molecular formula is C13H17NO2. The van der Waals surface area contributed by atoms with Crippen molar-refractivity contribution in [1.82, 2.24) is 5.32 Å². The Kier molecular flexibility index (Phi) is 4.26. The molecule has 0 saturated heterocycles. The molecule has 3 nitrogen and oxygen atoms in total. The van der Waals surface area contributed by atoms with E-state index >= 15 is 0 Å². The van der Waals surface area contributed by atoms with Crippen molar-refractivity contribution in [3.63, 3.8) is 0 Å². The summed E-state index contributed by atoms with van der Waals surface area (Å²) < 4.78 is 0. The first-order valence-electron chi connectivity index (χ1n) is 5.19.